The van der Waals surface area contributed by atoms with E-state index in [-0.39, 0.29) is 31.1 Å². The molecule has 0 aliphatic rings. The van der Waals surface area contributed by atoms with E-state index in [9.17, 15) is 14.4 Å². The fourth-order valence-electron chi connectivity index (χ4n) is 8.84. The predicted octanol–water partition coefficient (Wildman–Crippen LogP) is 18.9. The SMILES string of the molecule is CCCCCCCCCC(=O)OC[C@@H](COC(=O)CCCCCCCCCCCCCCCCC(C)C)OC(=O)CCCCCCCCCCCCCCCCCCCCC(C)CC. The Morgan fingerprint density at radius 1 is 0.328 bits per heavy atom. The first-order chi connectivity index (χ1) is 31.3. The van der Waals surface area contributed by atoms with Crippen molar-refractivity contribution in [3.63, 3.8) is 0 Å². The molecule has 0 saturated heterocycles. The molecule has 0 aromatic carbocycles. The van der Waals surface area contributed by atoms with Gasteiger partial charge in [0.1, 0.15) is 13.2 Å². The summed E-state index contributed by atoms with van der Waals surface area (Å²) in [5, 5.41) is 0. The predicted molar refractivity (Wildman–Crippen MR) is 275 cm³/mol. The minimum atomic E-state index is -0.761. The van der Waals surface area contributed by atoms with Crippen LogP contribution in [0.4, 0.5) is 0 Å². The molecule has 0 aromatic heterocycles. The average molecular weight is 906 g/mol. The maximum atomic E-state index is 12.8. The standard InChI is InChI=1S/C58H112O6/c1-6-8-9-10-31-38-43-48-56(59)62-51-55(52-63-57(60)49-44-39-34-29-25-21-18-17-19-23-27-32-36-41-46-53(3)4)64-58(61)50-45-40-35-30-26-22-16-14-12-11-13-15-20-24-28-33-37-42-47-54(5)7-2/h53-55H,6-52H2,1-5H3/t54?,55-/m0/s1. The van der Waals surface area contributed by atoms with E-state index in [1.54, 1.807) is 0 Å². The van der Waals surface area contributed by atoms with E-state index in [0.29, 0.717) is 19.3 Å². The molecule has 0 radical (unpaired) electrons. The van der Waals surface area contributed by atoms with Crippen molar-refractivity contribution in [2.24, 2.45) is 11.8 Å². The maximum Gasteiger partial charge on any atom is 0.306 e. The van der Waals surface area contributed by atoms with Crippen molar-refractivity contribution in [2.45, 2.75) is 330 Å². The van der Waals surface area contributed by atoms with Crippen molar-refractivity contribution in [1.82, 2.24) is 0 Å². The van der Waals surface area contributed by atoms with E-state index < -0.39 is 6.10 Å². The molecule has 2 atom stereocenters. The number of carbonyl (C=O) groups is 3. The highest BCUT2D eigenvalue weighted by molar-refractivity contribution is 5.71. The van der Waals surface area contributed by atoms with Crippen LogP contribution in [-0.2, 0) is 28.6 Å². The van der Waals surface area contributed by atoms with Crippen molar-refractivity contribution in [2.75, 3.05) is 13.2 Å². The quantitative estimate of drug-likeness (QED) is 0.0344. The molecule has 64 heavy (non-hydrogen) atoms. The van der Waals surface area contributed by atoms with Gasteiger partial charge in [-0.1, -0.05) is 285 Å². The van der Waals surface area contributed by atoms with Gasteiger partial charge < -0.3 is 14.2 Å². The Labute approximate surface area is 399 Å². The zero-order chi connectivity index (χ0) is 46.8. The highest BCUT2D eigenvalue weighted by Crippen LogP contribution is 2.19. The molecule has 0 spiro atoms. The minimum Gasteiger partial charge on any atom is -0.462 e. The average Bonchev–Trinajstić information content (AvgIpc) is 3.28. The summed E-state index contributed by atoms with van der Waals surface area (Å²) in [5.41, 5.74) is 0. The van der Waals surface area contributed by atoms with Gasteiger partial charge in [-0.25, -0.2) is 0 Å². The van der Waals surface area contributed by atoms with Crippen LogP contribution in [0.25, 0.3) is 0 Å². The monoisotopic (exact) mass is 905 g/mol. The first-order valence-electron chi connectivity index (χ1n) is 28.8. The Hall–Kier alpha value is -1.59. The van der Waals surface area contributed by atoms with Gasteiger partial charge in [-0.05, 0) is 31.1 Å². The van der Waals surface area contributed by atoms with Crippen molar-refractivity contribution >= 4 is 17.9 Å². The van der Waals surface area contributed by atoms with Gasteiger partial charge >= 0.3 is 17.9 Å². The van der Waals surface area contributed by atoms with Gasteiger partial charge in [0.15, 0.2) is 6.10 Å². The molecule has 0 rings (SSSR count). The molecule has 0 bridgehead atoms. The summed E-state index contributed by atoms with van der Waals surface area (Å²) in [4.78, 5) is 37.9. The van der Waals surface area contributed by atoms with Crippen LogP contribution in [0, 0.1) is 11.8 Å². The molecule has 0 aliphatic carbocycles. The van der Waals surface area contributed by atoms with Crippen LogP contribution >= 0.6 is 0 Å². The Morgan fingerprint density at radius 2 is 0.594 bits per heavy atom. The van der Waals surface area contributed by atoms with E-state index >= 15 is 0 Å². The third kappa shape index (κ3) is 49.8. The largest absolute Gasteiger partial charge is 0.462 e. The molecule has 6 nitrogen and oxygen atoms in total. The van der Waals surface area contributed by atoms with Gasteiger partial charge in [-0.15, -0.1) is 0 Å². The van der Waals surface area contributed by atoms with Gasteiger partial charge in [0.05, 0.1) is 0 Å². The first-order valence-corrected chi connectivity index (χ1v) is 28.8. The van der Waals surface area contributed by atoms with Crippen LogP contribution in [0.3, 0.4) is 0 Å². The van der Waals surface area contributed by atoms with Gasteiger partial charge in [0.2, 0.25) is 0 Å². The Balaban J connectivity index is 4.13. The summed E-state index contributed by atoms with van der Waals surface area (Å²) in [7, 11) is 0. The molecule has 380 valence electrons. The van der Waals surface area contributed by atoms with Crippen molar-refractivity contribution in [3.05, 3.63) is 0 Å². The highest BCUT2D eigenvalue weighted by Gasteiger charge is 2.19. The van der Waals surface area contributed by atoms with Crippen LogP contribution < -0.4 is 0 Å². The van der Waals surface area contributed by atoms with E-state index in [1.165, 1.54) is 212 Å². The topological polar surface area (TPSA) is 78.9 Å². The third-order valence-electron chi connectivity index (χ3n) is 13.6. The number of carbonyl (C=O) groups excluding carboxylic acids is 3. The van der Waals surface area contributed by atoms with Gasteiger partial charge in [-0.2, -0.15) is 0 Å². The van der Waals surface area contributed by atoms with E-state index in [2.05, 4.69) is 34.6 Å². The number of ether oxygens (including phenoxy) is 3. The molecular formula is C58H112O6. The number of unbranched alkanes of at least 4 members (excludes halogenated alkanes) is 36. The lowest BCUT2D eigenvalue weighted by atomic mass is 9.99. The van der Waals surface area contributed by atoms with Crippen LogP contribution in [-0.4, -0.2) is 37.2 Å². The van der Waals surface area contributed by atoms with Crippen LogP contribution in [0.5, 0.6) is 0 Å². The van der Waals surface area contributed by atoms with Crippen LogP contribution in [0.2, 0.25) is 0 Å². The maximum absolute atomic E-state index is 12.8. The van der Waals surface area contributed by atoms with Crippen molar-refractivity contribution in [1.29, 1.82) is 0 Å². The molecule has 0 N–H and O–H groups in total. The summed E-state index contributed by atoms with van der Waals surface area (Å²) >= 11 is 0. The second-order valence-electron chi connectivity index (χ2n) is 20.6. The molecule has 1 unspecified atom stereocenters. The molecule has 0 aromatic rings. The number of hydrogen-bond acceptors (Lipinski definition) is 6. The molecule has 0 amide bonds. The number of hydrogen-bond donors (Lipinski definition) is 0. The fraction of sp³-hybridized carbons (Fsp3) is 0.948. The fourth-order valence-corrected chi connectivity index (χ4v) is 8.84. The van der Waals surface area contributed by atoms with Gasteiger partial charge in [0, 0.05) is 19.3 Å². The first kappa shape index (κ1) is 62.4. The Morgan fingerprint density at radius 3 is 0.891 bits per heavy atom. The molecule has 0 saturated carbocycles. The number of rotatable bonds is 52. The smallest absolute Gasteiger partial charge is 0.306 e. The van der Waals surface area contributed by atoms with E-state index in [0.717, 1.165) is 69.6 Å². The summed E-state index contributed by atoms with van der Waals surface area (Å²) in [6.07, 6.45) is 53.9. The summed E-state index contributed by atoms with van der Waals surface area (Å²) in [6, 6.07) is 0. The van der Waals surface area contributed by atoms with E-state index in [1.807, 2.05) is 0 Å². The summed E-state index contributed by atoms with van der Waals surface area (Å²) in [6.45, 7) is 11.4. The molecule has 0 heterocycles. The summed E-state index contributed by atoms with van der Waals surface area (Å²) < 4.78 is 16.8. The van der Waals surface area contributed by atoms with Gasteiger partial charge in [-0.3, -0.25) is 14.4 Å². The highest BCUT2D eigenvalue weighted by atomic mass is 16.6. The molecule has 0 aliphatic heterocycles. The second kappa shape index (κ2) is 50.8. The zero-order valence-electron chi connectivity index (χ0n) is 43.9. The van der Waals surface area contributed by atoms with Crippen LogP contribution in [0.15, 0.2) is 0 Å². The molecule has 6 heteroatoms. The van der Waals surface area contributed by atoms with Gasteiger partial charge in [0.25, 0.3) is 0 Å². The molecule has 0 fully saturated rings. The van der Waals surface area contributed by atoms with Crippen molar-refractivity contribution in [3.8, 4) is 0 Å². The van der Waals surface area contributed by atoms with Crippen molar-refractivity contribution < 1.29 is 28.6 Å². The second-order valence-corrected chi connectivity index (χ2v) is 20.6. The third-order valence-corrected chi connectivity index (χ3v) is 13.6. The van der Waals surface area contributed by atoms with Crippen LogP contribution in [0.1, 0.15) is 324 Å². The number of esters is 3. The summed E-state index contributed by atoms with van der Waals surface area (Å²) in [5.74, 6) is 0.907. The lowest BCUT2D eigenvalue weighted by Crippen LogP contribution is -2.30. The lowest BCUT2D eigenvalue weighted by molar-refractivity contribution is -0.167. The lowest BCUT2D eigenvalue weighted by Gasteiger charge is -2.18. The Bertz CT molecular complexity index is 980. The normalized spacial score (nSPS) is 12.5. The zero-order valence-corrected chi connectivity index (χ0v) is 43.9. The molecular weight excluding hydrogens is 793 g/mol. The minimum absolute atomic E-state index is 0.0632. The van der Waals surface area contributed by atoms with E-state index in [4.69, 9.17) is 14.2 Å². The Kier molecular flexibility index (Phi) is 49.6.